The van der Waals surface area contributed by atoms with Crippen LogP contribution in [0.3, 0.4) is 0 Å². The van der Waals surface area contributed by atoms with Gasteiger partial charge in [-0.05, 0) is 242 Å². The normalized spacial score (nSPS) is 32.3. The molecule has 8 heterocycles. The van der Waals surface area contributed by atoms with E-state index in [-0.39, 0.29) is 163 Å². The Hall–Kier alpha value is -6.55. The van der Waals surface area contributed by atoms with Crippen molar-refractivity contribution in [3.8, 4) is 23.0 Å². The quantitative estimate of drug-likeness (QED) is 0.0698. The third kappa shape index (κ3) is 16.3. The maximum absolute atomic E-state index is 15.5. The molecule has 8 fully saturated rings. The lowest BCUT2D eigenvalue weighted by atomic mass is 9.56. The molecule has 8 aliphatic heterocycles. The maximum atomic E-state index is 15.5. The number of sulfonamides is 1. The number of hydrogen-bond acceptors (Lipinski definition) is 21. The number of sulfone groups is 4. The summed E-state index contributed by atoms with van der Waals surface area (Å²) in [5, 5.41) is -2.69. The van der Waals surface area contributed by atoms with E-state index in [2.05, 4.69) is 5.87 Å². The number of nitrogens with zero attached hydrogens (tertiary/aromatic N) is 1. The second-order valence-electron chi connectivity index (χ2n) is 37.5. The minimum Gasteiger partial charge on any atom is -0.490 e. The van der Waals surface area contributed by atoms with E-state index in [4.69, 9.17) is 83.4 Å². The van der Waals surface area contributed by atoms with E-state index < -0.39 is 202 Å². The molecule has 20 rings (SSSR count). The molecule has 0 bridgehead atoms. The Morgan fingerprint density at radius 1 is 0.360 bits per heavy atom. The van der Waals surface area contributed by atoms with Crippen molar-refractivity contribution >= 4 is 126 Å². The average Bonchev–Trinajstić information content (AvgIpc) is 1.03. The first-order valence-corrected chi connectivity index (χ1v) is 58.6. The van der Waals surface area contributed by atoms with Gasteiger partial charge in [-0.1, -0.05) is 72.1 Å². The smallest absolute Gasteiger partial charge is 0.356 e. The Kier molecular flexibility index (Phi) is 26.6. The molecule has 4 aliphatic carbocycles. The fourth-order valence-corrected chi connectivity index (χ4v) is 39.4. The van der Waals surface area contributed by atoms with E-state index in [1.807, 2.05) is 0 Å². The highest BCUT2D eigenvalue weighted by atomic mass is 35.5. The van der Waals surface area contributed by atoms with Gasteiger partial charge in [-0.3, -0.25) is 13.3 Å². The van der Waals surface area contributed by atoms with Gasteiger partial charge in [0.25, 0.3) is 10.0 Å². The van der Waals surface area contributed by atoms with Gasteiger partial charge < -0.3 is 37.0 Å². The summed E-state index contributed by atoms with van der Waals surface area (Å²) in [5.74, 6) is -7.13. The molecule has 136 heavy (non-hydrogen) atoms. The SMILES string of the molecule is C=S1(=O)CCC2(CCC[C@@]3(S(=O)(=O)c4ccc(Cl)cc4)c4c(F)ccc(F)c4OC[C@@H]23)CC1.CC(F)(F)S(=O)(=O)N1CC[C@]2(CCC[C@@]3(S(=O)(=O)c4ccc(Cl)cc4)c4c(F)ccc(F)c4OC[C@@H]23)C1.CP1(=O)OCC2(CCC[C@@]3(S(=O)(=O)c4ccc(Cl)cc4)c4c(F)ccc(F)c4OC[C@@H]23)CO1.CP1(=O)OCC2(CCC[C@@]3(S(=O)(=O)c4ccc(Cl)cc4)c4c(F)ccc(F)c4OC[C@@H]23)CO1. The monoisotopic (exact) mass is 2130 g/mol. The molecule has 0 amide bonds. The molecule has 8 aromatic carbocycles. The Labute approximate surface area is 801 Å². The highest BCUT2D eigenvalue weighted by molar-refractivity contribution is 8.00. The van der Waals surface area contributed by atoms with Crippen molar-refractivity contribution in [3.05, 3.63) is 234 Å². The molecule has 12 aliphatic rings. The summed E-state index contributed by atoms with van der Waals surface area (Å²) in [6.07, 6.45) is 4.87. The molecule has 8 aromatic rings. The van der Waals surface area contributed by atoms with Gasteiger partial charge in [0.15, 0.2) is 85.6 Å². The predicted molar refractivity (Wildman–Crippen MR) is 489 cm³/mol. The molecule has 4 saturated heterocycles. The zero-order valence-corrected chi connectivity index (χ0v) is 82.8. The minimum atomic E-state index is -5.02. The number of hydrogen-bond donors (Lipinski definition) is 0. The Balaban J connectivity index is 0.000000126. The van der Waals surface area contributed by atoms with E-state index in [1.165, 1.54) is 110 Å². The lowest BCUT2D eigenvalue weighted by molar-refractivity contribution is -0.0844. The summed E-state index contributed by atoms with van der Waals surface area (Å²) in [6.45, 7) is 1.49. The van der Waals surface area contributed by atoms with Crippen LogP contribution in [-0.4, -0.2) is 153 Å². The second kappa shape index (κ2) is 35.8. The molecule has 4 spiro atoms. The topological polar surface area (TPSA) is 299 Å². The standard InChI is InChI=1S/C24H24ClF4NO5S2.C24H25ClF2O4S2.2C22H22ClF2O6PS/c1-22(28,29)37(33,34)30-12-11-23(14-30)9-2-10-24(36(31,32)16-5-3-15(25)4-6-16)19(23)13-35-21-18(27)8-7-17(26)20(21)24;1-32(28)13-11-23(12-14-32)9-2-10-24(33(29,30)17-5-3-16(25)4-6-17)20(23)15-31-22-19(27)8-7-18(26)21(22)24;2*1-32(26)30-12-21(13-31-32)9-2-10-22(33(27,28)15-5-3-14(23)4-6-15)18(21)11-29-20-17(25)8-7-16(24)19(20)22/h3-8,19H,2,9-14H2,1H3;3-8,20H,1-2,9-15H2;2*3-8,18H,2,9-13H2,1H3/t19-,23+,24-;20-,23?,24-,32?;2*18-,21?,22-,32?/m0000/s1. The van der Waals surface area contributed by atoms with E-state index in [0.29, 0.717) is 89.2 Å². The van der Waals surface area contributed by atoms with Crippen molar-refractivity contribution in [2.24, 2.45) is 45.3 Å². The third-order valence-corrected chi connectivity index (χ3v) is 47.8. The van der Waals surface area contributed by atoms with Gasteiger partial charge in [-0.2, -0.15) is 13.1 Å². The molecule has 0 radical (unpaired) electrons. The summed E-state index contributed by atoms with van der Waals surface area (Å²) in [6, 6.07) is 29.7. The van der Waals surface area contributed by atoms with Crippen LogP contribution in [0.15, 0.2) is 165 Å². The first kappa shape index (κ1) is 101. The van der Waals surface area contributed by atoms with Crippen LogP contribution in [0, 0.1) is 91.9 Å². The second-order valence-corrected chi connectivity index (χ2v) is 57.2. The lowest BCUT2D eigenvalue weighted by Crippen LogP contribution is -2.61. The third-order valence-electron chi connectivity index (χ3n) is 30.5. The van der Waals surface area contributed by atoms with Crippen molar-refractivity contribution < 1.29 is 136 Å². The summed E-state index contributed by atoms with van der Waals surface area (Å²) in [4.78, 5) is -0.256. The minimum absolute atomic E-state index is 0.0159. The van der Waals surface area contributed by atoms with Crippen molar-refractivity contribution in [3.63, 3.8) is 0 Å². The predicted octanol–water partition coefficient (Wildman–Crippen LogP) is 20.8. The van der Waals surface area contributed by atoms with Gasteiger partial charge in [0.2, 0.25) is 0 Å². The number of ether oxygens (including phenoxy) is 4. The van der Waals surface area contributed by atoms with Crippen LogP contribution in [-0.2, 0) is 105 Å². The molecule has 9 atom stereocenters. The Morgan fingerprint density at radius 3 is 0.860 bits per heavy atom. The van der Waals surface area contributed by atoms with Crippen LogP contribution in [0.25, 0.3) is 0 Å². The number of rotatable bonds is 10. The number of benzene rings is 8. The maximum Gasteiger partial charge on any atom is 0.356 e. The fourth-order valence-electron chi connectivity index (χ4n) is 23.9. The molecular formula is C92H93Cl4F10NO21P2S6. The van der Waals surface area contributed by atoms with E-state index in [0.717, 1.165) is 55.0 Å². The molecule has 4 saturated carbocycles. The van der Waals surface area contributed by atoms with Crippen LogP contribution in [0.4, 0.5) is 43.9 Å². The highest BCUT2D eigenvalue weighted by Gasteiger charge is 2.72. The van der Waals surface area contributed by atoms with Crippen LogP contribution in [0.5, 0.6) is 23.0 Å². The van der Waals surface area contributed by atoms with Crippen molar-refractivity contribution in [1.82, 2.24) is 4.31 Å². The van der Waals surface area contributed by atoms with Crippen LogP contribution in [0.1, 0.15) is 125 Å². The first-order chi connectivity index (χ1) is 63.7. The van der Waals surface area contributed by atoms with E-state index >= 15 is 17.6 Å². The summed E-state index contributed by atoms with van der Waals surface area (Å²) in [7, 11) is -31.0. The largest absolute Gasteiger partial charge is 0.490 e. The highest BCUT2D eigenvalue weighted by Crippen LogP contribution is 2.71. The van der Waals surface area contributed by atoms with E-state index in [1.54, 1.807) is 0 Å². The zero-order chi connectivity index (χ0) is 98.0. The molecule has 44 heteroatoms. The molecule has 0 N–H and O–H groups in total. The van der Waals surface area contributed by atoms with Crippen LogP contribution >= 0.6 is 61.6 Å². The van der Waals surface area contributed by atoms with Gasteiger partial charge in [0.1, 0.15) is 42.3 Å². The molecule has 0 aromatic heterocycles. The van der Waals surface area contributed by atoms with Gasteiger partial charge >= 0.3 is 20.4 Å². The number of alkyl halides is 2. The molecule has 736 valence electrons. The molecular weight excluding hydrogens is 2040 g/mol. The molecule has 0 unspecified atom stereocenters. The van der Waals surface area contributed by atoms with Gasteiger partial charge in [0, 0.05) is 99.4 Å². The van der Waals surface area contributed by atoms with Crippen LogP contribution < -0.4 is 18.9 Å². The van der Waals surface area contributed by atoms with Gasteiger partial charge in [0.05, 0.1) is 94.7 Å². The molecule has 22 nitrogen and oxygen atoms in total. The number of halogens is 14. The Bertz CT molecular complexity index is 6740. The average molecular weight is 2130 g/mol. The fraction of sp³-hybridized carbons (Fsp3) is 0.467. The van der Waals surface area contributed by atoms with Crippen LogP contribution in [0.2, 0.25) is 20.1 Å². The van der Waals surface area contributed by atoms with Crippen molar-refractivity contribution in [2.45, 2.75) is 147 Å². The van der Waals surface area contributed by atoms with Crippen molar-refractivity contribution in [1.29, 1.82) is 0 Å². The lowest BCUT2D eigenvalue weighted by Gasteiger charge is -2.57. The zero-order valence-electron chi connectivity index (χ0n) is 73.1. The Morgan fingerprint density at radius 2 is 0.596 bits per heavy atom. The summed E-state index contributed by atoms with van der Waals surface area (Å²) < 4.78 is 364. The van der Waals surface area contributed by atoms with Gasteiger partial charge in [-0.15, -0.1) is 0 Å². The number of fused-ring (bicyclic) bond motifs is 16. The van der Waals surface area contributed by atoms with Gasteiger partial charge in [-0.25, -0.2) is 77.2 Å². The summed E-state index contributed by atoms with van der Waals surface area (Å²) in [5.41, 5.74) is -4.71. The summed E-state index contributed by atoms with van der Waals surface area (Å²) >= 11 is 23.9. The first-order valence-electron chi connectivity index (χ1n) is 43.6. The van der Waals surface area contributed by atoms with E-state index in [9.17, 15) is 81.8 Å². The van der Waals surface area contributed by atoms with Crippen molar-refractivity contribution in [2.75, 3.05) is 90.8 Å².